The van der Waals surface area contributed by atoms with Gasteiger partial charge in [-0.05, 0) is 77.2 Å². The van der Waals surface area contributed by atoms with Crippen LogP contribution in [0.25, 0.3) is 0 Å². The molecule has 1 aliphatic carbocycles. The molecule has 1 aliphatic rings. The zero-order valence-electron chi connectivity index (χ0n) is 10.7. The summed E-state index contributed by atoms with van der Waals surface area (Å²) in [5.41, 5.74) is 2.27. The van der Waals surface area contributed by atoms with Crippen molar-refractivity contribution in [3.63, 3.8) is 0 Å². The van der Waals surface area contributed by atoms with Crippen molar-refractivity contribution < 1.29 is 0 Å². The standard InChI is InChI=1S/C16H14Cl2IN/c17-12-5-3-11(4-6-12)16(10-1-2-10)20-15-8-7-13(19)9-14(15)18/h3-10,16,20H,1-2H2. The molecule has 0 spiro atoms. The minimum atomic E-state index is 0.310. The number of hydrogen-bond acceptors (Lipinski definition) is 1. The number of anilines is 1. The molecule has 2 aromatic carbocycles. The molecule has 2 aromatic rings. The molecule has 0 saturated heterocycles. The van der Waals surface area contributed by atoms with Crippen molar-refractivity contribution in [3.8, 4) is 0 Å². The second kappa shape index (κ2) is 6.12. The Balaban J connectivity index is 1.86. The first-order chi connectivity index (χ1) is 9.63. The molecule has 0 amide bonds. The summed E-state index contributed by atoms with van der Waals surface area (Å²) < 4.78 is 1.15. The molecule has 20 heavy (non-hydrogen) atoms. The molecule has 0 aliphatic heterocycles. The summed E-state index contributed by atoms with van der Waals surface area (Å²) in [6.07, 6.45) is 2.53. The average Bonchev–Trinajstić information content (AvgIpc) is 3.24. The van der Waals surface area contributed by atoms with Crippen molar-refractivity contribution in [1.82, 2.24) is 0 Å². The molecule has 4 heteroatoms. The van der Waals surface area contributed by atoms with E-state index in [0.717, 1.165) is 19.3 Å². The van der Waals surface area contributed by atoms with Gasteiger partial charge in [-0.2, -0.15) is 0 Å². The first-order valence-corrected chi connectivity index (χ1v) is 8.44. The van der Waals surface area contributed by atoms with Crippen molar-refractivity contribution >= 4 is 51.5 Å². The van der Waals surface area contributed by atoms with E-state index in [4.69, 9.17) is 23.2 Å². The Morgan fingerprint density at radius 2 is 1.75 bits per heavy atom. The van der Waals surface area contributed by atoms with Crippen LogP contribution in [0.2, 0.25) is 10.0 Å². The maximum absolute atomic E-state index is 6.32. The van der Waals surface area contributed by atoms with E-state index in [1.165, 1.54) is 18.4 Å². The van der Waals surface area contributed by atoms with Crippen molar-refractivity contribution in [1.29, 1.82) is 0 Å². The molecule has 0 heterocycles. The van der Waals surface area contributed by atoms with Crippen molar-refractivity contribution in [2.75, 3.05) is 5.32 Å². The van der Waals surface area contributed by atoms with Crippen LogP contribution in [0.15, 0.2) is 42.5 Å². The second-order valence-corrected chi connectivity index (χ2v) is 7.22. The largest absolute Gasteiger partial charge is 0.377 e. The summed E-state index contributed by atoms with van der Waals surface area (Å²) in [6.45, 7) is 0. The Morgan fingerprint density at radius 3 is 2.35 bits per heavy atom. The first-order valence-electron chi connectivity index (χ1n) is 6.60. The molecule has 1 fully saturated rings. The lowest BCUT2D eigenvalue weighted by molar-refractivity contribution is 0.679. The van der Waals surface area contributed by atoms with Gasteiger partial charge in [0.1, 0.15) is 0 Å². The molecular formula is C16H14Cl2IN. The molecule has 104 valence electrons. The monoisotopic (exact) mass is 417 g/mol. The highest BCUT2D eigenvalue weighted by Gasteiger charge is 2.32. The Labute approximate surface area is 142 Å². The molecule has 1 N–H and O–H groups in total. The van der Waals surface area contributed by atoms with Crippen LogP contribution in [-0.2, 0) is 0 Å². The van der Waals surface area contributed by atoms with E-state index in [2.05, 4.69) is 52.2 Å². The van der Waals surface area contributed by atoms with E-state index in [9.17, 15) is 0 Å². The fourth-order valence-electron chi connectivity index (χ4n) is 2.35. The number of benzene rings is 2. The Kier molecular flexibility index (Phi) is 4.43. The van der Waals surface area contributed by atoms with Gasteiger partial charge in [0.15, 0.2) is 0 Å². The van der Waals surface area contributed by atoms with Crippen LogP contribution < -0.4 is 5.32 Å². The highest BCUT2D eigenvalue weighted by Crippen LogP contribution is 2.43. The third-order valence-corrected chi connectivity index (χ3v) is 4.80. The van der Waals surface area contributed by atoms with Gasteiger partial charge in [-0.15, -0.1) is 0 Å². The van der Waals surface area contributed by atoms with E-state index in [-0.39, 0.29) is 0 Å². The normalized spacial score (nSPS) is 15.9. The van der Waals surface area contributed by atoms with Gasteiger partial charge >= 0.3 is 0 Å². The van der Waals surface area contributed by atoms with Crippen LogP contribution in [-0.4, -0.2) is 0 Å². The summed E-state index contributed by atoms with van der Waals surface area (Å²) in [6, 6.07) is 14.5. The summed E-state index contributed by atoms with van der Waals surface area (Å²) in [7, 11) is 0. The summed E-state index contributed by atoms with van der Waals surface area (Å²) >= 11 is 14.6. The second-order valence-electron chi connectivity index (χ2n) is 5.14. The van der Waals surface area contributed by atoms with Crippen LogP contribution >= 0.6 is 45.8 Å². The predicted molar refractivity (Wildman–Crippen MR) is 94.7 cm³/mol. The van der Waals surface area contributed by atoms with Gasteiger partial charge in [-0.3, -0.25) is 0 Å². The van der Waals surface area contributed by atoms with Gasteiger partial charge < -0.3 is 5.32 Å². The fourth-order valence-corrected chi connectivity index (χ4v) is 3.38. The Hall–Kier alpha value is -0.450. The molecule has 1 nitrogen and oxygen atoms in total. The van der Waals surface area contributed by atoms with Crippen molar-refractivity contribution in [2.24, 2.45) is 5.92 Å². The van der Waals surface area contributed by atoms with Crippen molar-refractivity contribution in [2.45, 2.75) is 18.9 Å². The topological polar surface area (TPSA) is 12.0 Å². The summed E-state index contributed by atoms with van der Waals surface area (Å²) in [5, 5.41) is 5.14. The summed E-state index contributed by atoms with van der Waals surface area (Å²) in [4.78, 5) is 0. The molecular weight excluding hydrogens is 404 g/mol. The van der Waals surface area contributed by atoms with Gasteiger partial charge in [0.05, 0.1) is 16.8 Å². The SMILES string of the molecule is Clc1ccc(C(Nc2ccc(I)cc2Cl)C2CC2)cc1. The number of halogens is 3. The Bertz CT molecular complexity index is 608. The molecule has 0 radical (unpaired) electrons. The lowest BCUT2D eigenvalue weighted by atomic mass is 10.0. The van der Waals surface area contributed by atoms with Gasteiger partial charge in [0.25, 0.3) is 0 Å². The first kappa shape index (κ1) is 14.5. The molecule has 0 bridgehead atoms. The van der Waals surface area contributed by atoms with Crippen LogP contribution in [0.3, 0.4) is 0 Å². The van der Waals surface area contributed by atoms with E-state index in [1.807, 2.05) is 18.2 Å². The van der Waals surface area contributed by atoms with Crippen molar-refractivity contribution in [3.05, 3.63) is 61.6 Å². The maximum Gasteiger partial charge on any atom is 0.0648 e. The minimum absolute atomic E-state index is 0.310. The van der Waals surface area contributed by atoms with E-state index >= 15 is 0 Å². The zero-order chi connectivity index (χ0) is 14.1. The minimum Gasteiger partial charge on any atom is -0.377 e. The van der Waals surface area contributed by atoms with Gasteiger partial charge in [-0.1, -0.05) is 35.3 Å². The predicted octanol–water partition coefficient (Wildman–Crippen LogP) is 6.16. The number of hydrogen-bond donors (Lipinski definition) is 1. The molecule has 0 aromatic heterocycles. The molecule has 1 unspecified atom stereocenters. The third-order valence-electron chi connectivity index (χ3n) is 3.56. The highest BCUT2D eigenvalue weighted by molar-refractivity contribution is 14.1. The van der Waals surface area contributed by atoms with Gasteiger partial charge in [-0.25, -0.2) is 0 Å². The molecule has 1 atom stereocenters. The smallest absolute Gasteiger partial charge is 0.0648 e. The maximum atomic E-state index is 6.32. The quantitative estimate of drug-likeness (QED) is 0.587. The van der Waals surface area contributed by atoms with Crippen LogP contribution in [0.5, 0.6) is 0 Å². The number of nitrogens with one attached hydrogen (secondary N) is 1. The van der Waals surface area contributed by atoms with E-state index in [1.54, 1.807) is 0 Å². The number of rotatable bonds is 4. The average molecular weight is 418 g/mol. The van der Waals surface area contributed by atoms with E-state index in [0.29, 0.717) is 12.0 Å². The zero-order valence-corrected chi connectivity index (χ0v) is 14.4. The Morgan fingerprint density at radius 1 is 1.05 bits per heavy atom. The molecule has 1 saturated carbocycles. The van der Waals surface area contributed by atoms with Gasteiger partial charge in [0.2, 0.25) is 0 Å². The highest BCUT2D eigenvalue weighted by atomic mass is 127. The fraction of sp³-hybridized carbons (Fsp3) is 0.250. The van der Waals surface area contributed by atoms with Crippen LogP contribution in [0.1, 0.15) is 24.4 Å². The van der Waals surface area contributed by atoms with Gasteiger partial charge in [0, 0.05) is 8.59 Å². The van der Waals surface area contributed by atoms with E-state index < -0.39 is 0 Å². The lowest BCUT2D eigenvalue weighted by Crippen LogP contribution is -2.13. The molecule has 3 rings (SSSR count). The van der Waals surface area contributed by atoms with Crippen LogP contribution in [0.4, 0.5) is 5.69 Å². The van der Waals surface area contributed by atoms with Crippen LogP contribution in [0, 0.1) is 9.49 Å². The summed E-state index contributed by atoms with van der Waals surface area (Å²) in [5.74, 6) is 0.687. The third kappa shape index (κ3) is 3.41. The lowest BCUT2D eigenvalue weighted by Gasteiger charge is -2.21.